The highest BCUT2D eigenvalue weighted by Crippen LogP contribution is 2.32. The lowest BCUT2D eigenvalue weighted by atomic mass is 9.96. The van der Waals surface area contributed by atoms with Crippen molar-refractivity contribution < 1.29 is 9.90 Å². The van der Waals surface area contributed by atoms with Crippen LogP contribution in [0.2, 0.25) is 5.02 Å². The zero-order valence-electron chi connectivity index (χ0n) is 11.2. The molecule has 1 aromatic carbocycles. The van der Waals surface area contributed by atoms with Gasteiger partial charge >= 0.3 is 5.97 Å². The van der Waals surface area contributed by atoms with Gasteiger partial charge in [-0.3, -0.25) is 4.79 Å². The van der Waals surface area contributed by atoms with Crippen molar-refractivity contribution in [2.24, 2.45) is 0 Å². The molecule has 1 N–H and O–H groups in total. The molecule has 1 aliphatic rings. The van der Waals surface area contributed by atoms with E-state index in [0.29, 0.717) is 12.3 Å². The predicted molar refractivity (Wildman–Crippen MR) is 76.9 cm³/mol. The number of aliphatic carboxylic acids is 1. The molecule has 4 heteroatoms. The van der Waals surface area contributed by atoms with Crippen molar-refractivity contribution in [2.45, 2.75) is 31.6 Å². The fraction of sp³-hybridized carbons (Fsp3) is 0.533. The minimum absolute atomic E-state index is 0.215. The molecule has 1 aromatic rings. The Kier molecular flexibility index (Phi) is 4.83. The van der Waals surface area contributed by atoms with Crippen LogP contribution in [-0.4, -0.2) is 36.1 Å². The van der Waals surface area contributed by atoms with E-state index in [1.165, 1.54) is 5.56 Å². The van der Waals surface area contributed by atoms with Gasteiger partial charge in [0.25, 0.3) is 0 Å². The first-order valence-electron chi connectivity index (χ1n) is 6.75. The molecule has 0 amide bonds. The molecule has 1 fully saturated rings. The first kappa shape index (κ1) is 14.4. The van der Waals surface area contributed by atoms with Gasteiger partial charge in [0.2, 0.25) is 0 Å². The summed E-state index contributed by atoms with van der Waals surface area (Å²) in [7, 11) is 2.13. The predicted octanol–water partition coefficient (Wildman–Crippen LogP) is 3.17. The van der Waals surface area contributed by atoms with Gasteiger partial charge < -0.3 is 10.0 Å². The molecule has 0 saturated carbocycles. The van der Waals surface area contributed by atoms with E-state index in [2.05, 4.69) is 24.1 Å². The topological polar surface area (TPSA) is 40.5 Å². The molecule has 0 aliphatic carbocycles. The second-order valence-corrected chi connectivity index (χ2v) is 5.76. The quantitative estimate of drug-likeness (QED) is 0.901. The summed E-state index contributed by atoms with van der Waals surface area (Å²) in [5, 5.41) is 9.45. The van der Waals surface area contributed by atoms with Crippen molar-refractivity contribution in [3.05, 3.63) is 34.3 Å². The number of carboxylic acid groups (broad SMARTS) is 1. The van der Waals surface area contributed by atoms with Crippen LogP contribution in [0.4, 0.5) is 0 Å². The van der Waals surface area contributed by atoms with Crippen LogP contribution < -0.4 is 0 Å². The summed E-state index contributed by atoms with van der Waals surface area (Å²) in [5.74, 6) is -0.206. The number of aryl methyl sites for hydroxylation is 1. The SMILES string of the molecule is CN1CCC(c2ccc(CCCC(=O)O)cc2Cl)C1. The maximum absolute atomic E-state index is 10.5. The Labute approximate surface area is 119 Å². The third-order valence-corrected chi connectivity index (χ3v) is 4.08. The van der Waals surface area contributed by atoms with E-state index in [-0.39, 0.29) is 6.42 Å². The van der Waals surface area contributed by atoms with Crippen LogP contribution in [0, 0.1) is 0 Å². The van der Waals surface area contributed by atoms with E-state index in [4.69, 9.17) is 16.7 Å². The smallest absolute Gasteiger partial charge is 0.303 e. The summed E-state index contributed by atoms with van der Waals surface area (Å²) in [6, 6.07) is 6.20. The maximum Gasteiger partial charge on any atom is 0.303 e. The van der Waals surface area contributed by atoms with Gasteiger partial charge in [-0.05, 0) is 56.0 Å². The van der Waals surface area contributed by atoms with Gasteiger partial charge in [0, 0.05) is 18.0 Å². The first-order valence-corrected chi connectivity index (χ1v) is 7.12. The Bertz CT molecular complexity index is 461. The molecule has 0 spiro atoms. The van der Waals surface area contributed by atoms with Crippen LogP contribution in [0.25, 0.3) is 0 Å². The molecule has 3 nitrogen and oxygen atoms in total. The van der Waals surface area contributed by atoms with Gasteiger partial charge in [-0.2, -0.15) is 0 Å². The largest absolute Gasteiger partial charge is 0.481 e. The molecule has 1 heterocycles. The molecule has 0 aromatic heterocycles. The van der Waals surface area contributed by atoms with Crippen molar-refractivity contribution in [1.82, 2.24) is 4.90 Å². The molecular formula is C15H20ClNO2. The monoisotopic (exact) mass is 281 g/mol. The van der Waals surface area contributed by atoms with Crippen molar-refractivity contribution >= 4 is 17.6 Å². The highest BCUT2D eigenvalue weighted by molar-refractivity contribution is 6.31. The summed E-state index contributed by atoms with van der Waals surface area (Å²) < 4.78 is 0. The average molecular weight is 282 g/mol. The minimum atomic E-state index is -0.739. The van der Waals surface area contributed by atoms with Crippen LogP contribution >= 0.6 is 11.6 Å². The zero-order valence-corrected chi connectivity index (χ0v) is 12.0. The van der Waals surface area contributed by atoms with Crippen molar-refractivity contribution in [1.29, 1.82) is 0 Å². The van der Waals surface area contributed by atoms with E-state index in [9.17, 15) is 4.79 Å². The number of hydrogen-bond donors (Lipinski definition) is 1. The molecule has 1 unspecified atom stereocenters. The summed E-state index contributed by atoms with van der Waals surface area (Å²) in [6.45, 7) is 2.19. The molecule has 104 valence electrons. The molecule has 0 bridgehead atoms. The number of hydrogen-bond acceptors (Lipinski definition) is 2. The van der Waals surface area contributed by atoms with E-state index in [0.717, 1.165) is 36.5 Å². The number of rotatable bonds is 5. The lowest BCUT2D eigenvalue weighted by Gasteiger charge is -2.13. The molecule has 1 saturated heterocycles. The van der Waals surface area contributed by atoms with E-state index >= 15 is 0 Å². The lowest BCUT2D eigenvalue weighted by Crippen LogP contribution is -2.13. The summed E-state index contributed by atoms with van der Waals surface area (Å²) in [4.78, 5) is 12.8. The Hall–Kier alpha value is -1.06. The third kappa shape index (κ3) is 3.95. The normalized spacial score (nSPS) is 19.8. The molecule has 2 rings (SSSR count). The number of nitrogens with zero attached hydrogens (tertiary/aromatic N) is 1. The second kappa shape index (κ2) is 6.40. The molecular weight excluding hydrogens is 262 g/mol. The zero-order chi connectivity index (χ0) is 13.8. The summed E-state index contributed by atoms with van der Waals surface area (Å²) in [6.07, 6.45) is 2.81. The maximum atomic E-state index is 10.5. The highest BCUT2D eigenvalue weighted by Gasteiger charge is 2.22. The molecule has 0 radical (unpaired) electrons. The molecule has 19 heavy (non-hydrogen) atoms. The fourth-order valence-corrected chi connectivity index (χ4v) is 3.05. The van der Waals surface area contributed by atoms with Gasteiger partial charge in [-0.25, -0.2) is 0 Å². The lowest BCUT2D eigenvalue weighted by molar-refractivity contribution is -0.137. The van der Waals surface area contributed by atoms with Crippen molar-refractivity contribution in [3.63, 3.8) is 0 Å². The van der Waals surface area contributed by atoms with Crippen molar-refractivity contribution in [2.75, 3.05) is 20.1 Å². The fourth-order valence-electron chi connectivity index (χ4n) is 2.69. The summed E-state index contributed by atoms with van der Waals surface area (Å²) >= 11 is 6.36. The Morgan fingerprint density at radius 1 is 1.53 bits per heavy atom. The van der Waals surface area contributed by atoms with E-state index < -0.39 is 5.97 Å². The molecule has 1 atom stereocenters. The molecule has 1 aliphatic heterocycles. The highest BCUT2D eigenvalue weighted by atomic mass is 35.5. The van der Waals surface area contributed by atoms with Gasteiger partial charge in [0.1, 0.15) is 0 Å². The van der Waals surface area contributed by atoms with Crippen LogP contribution in [-0.2, 0) is 11.2 Å². The number of carboxylic acids is 1. The Morgan fingerprint density at radius 3 is 2.89 bits per heavy atom. The Morgan fingerprint density at radius 2 is 2.32 bits per heavy atom. The third-order valence-electron chi connectivity index (χ3n) is 3.75. The summed E-state index contributed by atoms with van der Waals surface area (Å²) in [5.41, 5.74) is 2.36. The number of likely N-dealkylation sites (tertiary alicyclic amines) is 1. The van der Waals surface area contributed by atoms with Crippen LogP contribution in [0.1, 0.15) is 36.3 Å². The number of carbonyl (C=O) groups is 1. The average Bonchev–Trinajstić information content (AvgIpc) is 2.75. The van der Waals surface area contributed by atoms with Crippen LogP contribution in [0.15, 0.2) is 18.2 Å². The first-order chi connectivity index (χ1) is 9.06. The number of halogens is 1. The van der Waals surface area contributed by atoms with Gasteiger partial charge in [0.15, 0.2) is 0 Å². The van der Waals surface area contributed by atoms with Gasteiger partial charge in [0.05, 0.1) is 0 Å². The number of likely N-dealkylation sites (N-methyl/N-ethyl adjacent to an activating group) is 1. The van der Waals surface area contributed by atoms with Gasteiger partial charge in [-0.15, -0.1) is 0 Å². The van der Waals surface area contributed by atoms with Crippen LogP contribution in [0.3, 0.4) is 0 Å². The Balaban J connectivity index is 1.98. The second-order valence-electron chi connectivity index (χ2n) is 5.35. The van der Waals surface area contributed by atoms with Crippen molar-refractivity contribution in [3.8, 4) is 0 Å². The van der Waals surface area contributed by atoms with Gasteiger partial charge in [-0.1, -0.05) is 23.7 Å². The van der Waals surface area contributed by atoms with E-state index in [1.807, 2.05) is 6.07 Å². The van der Waals surface area contributed by atoms with E-state index in [1.54, 1.807) is 0 Å². The van der Waals surface area contributed by atoms with Crippen LogP contribution in [0.5, 0.6) is 0 Å². The standard InChI is InChI=1S/C15H20ClNO2/c1-17-8-7-12(10-17)13-6-5-11(9-14(13)16)3-2-4-15(18)19/h5-6,9,12H,2-4,7-8,10H2,1H3,(H,18,19). The minimum Gasteiger partial charge on any atom is -0.481 e. The number of benzene rings is 1.